The fourth-order valence-electron chi connectivity index (χ4n) is 0.820. The van der Waals surface area contributed by atoms with Crippen LogP contribution < -0.4 is 10.5 Å². The van der Waals surface area contributed by atoms with Crippen molar-refractivity contribution < 1.29 is 13.9 Å². The largest absolute Gasteiger partial charge is 0.494 e. The Balaban J connectivity index is 0.000000791. The highest BCUT2D eigenvalue weighted by Crippen LogP contribution is 2.16. The van der Waals surface area contributed by atoms with E-state index in [9.17, 15) is 9.18 Å². The number of carbonyl (C=O) groups is 1. The smallest absolute Gasteiger partial charge is 0.248 e. The second-order valence-corrected chi connectivity index (χ2v) is 2.21. The number of primary amides is 1. The van der Waals surface area contributed by atoms with Crippen LogP contribution in [0.5, 0.6) is 5.75 Å². The summed E-state index contributed by atoms with van der Waals surface area (Å²) in [5, 5.41) is 0. The number of rotatable bonds is 2. The van der Waals surface area contributed by atoms with Gasteiger partial charge in [0.1, 0.15) is 0 Å². The molecular formula is C10H14FNO2. The molecule has 2 N–H and O–H groups in total. The zero-order chi connectivity index (χ0) is 11.1. The van der Waals surface area contributed by atoms with Crippen molar-refractivity contribution in [2.75, 3.05) is 7.11 Å². The topological polar surface area (TPSA) is 52.3 Å². The third kappa shape index (κ3) is 3.05. The maximum atomic E-state index is 12.9. The third-order valence-corrected chi connectivity index (χ3v) is 1.44. The zero-order valence-corrected chi connectivity index (χ0v) is 8.50. The first-order valence-electron chi connectivity index (χ1n) is 4.28. The summed E-state index contributed by atoms with van der Waals surface area (Å²) in [6, 6.07) is 3.81. The summed E-state index contributed by atoms with van der Waals surface area (Å²) in [5.41, 5.74) is 5.06. The number of amides is 1. The molecule has 0 aliphatic heterocycles. The second-order valence-electron chi connectivity index (χ2n) is 2.21. The van der Waals surface area contributed by atoms with E-state index in [1.54, 1.807) is 0 Å². The van der Waals surface area contributed by atoms with Gasteiger partial charge in [-0.2, -0.15) is 0 Å². The van der Waals surface area contributed by atoms with E-state index in [-0.39, 0.29) is 11.3 Å². The molecule has 78 valence electrons. The summed E-state index contributed by atoms with van der Waals surface area (Å²) >= 11 is 0. The van der Waals surface area contributed by atoms with Crippen LogP contribution in [-0.4, -0.2) is 13.0 Å². The normalized spacial score (nSPS) is 8.57. The van der Waals surface area contributed by atoms with Gasteiger partial charge in [0.15, 0.2) is 11.6 Å². The van der Waals surface area contributed by atoms with Crippen LogP contribution in [0.2, 0.25) is 0 Å². The standard InChI is InChI=1S/C8H8FNO2.C2H6/c1-12-7-3-2-5(8(10)11)4-6(7)9;1-2/h2-4H,1H3,(H2,10,11);1-2H3. The Labute approximate surface area is 82.7 Å². The van der Waals surface area contributed by atoms with Crippen molar-refractivity contribution >= 4 is 5.91 Å². The Morgan fingerprint density at radius 2 is 2.00 bits per heavy atom. The Bertz CT molecular complexity index is 313. The van der Waals surface area contributed by atoms with Gasteiger partial charge in [0.2, 0.25) is 5.91 Å². The molecule has 0 bridgehead atoms. The number of benzene rings is 1. The Morgan fingerprint density at radius 1 is 1.43 bits per heavy atom. The SMILES string of the molecule is CC.COc1ccc(C(N)=O)cc1F. The van der Waals surface area contributed by atoms with Gasteiger partial charge in [-0.3, -0.25) is 4.79 Å². The van der Waals surface area contributed by atoms with Gasteiger partial charge >= 0.3 is 0 Å². The Kier molecular flexibility index (Phi) is 5.29. The van der Waals surface area contributed by atoms with Gasteiger partial charge in [-0.05, 0) is 18.2 Å². The predicted octanol–water partition coefficient (Wildman–Crippen LogP) is 1.96. The van der Waals surface area contributed by atoms with E-state index in [1.165, 1.54) is 19.2 Å². The van der Waals surface area contributed by atoms with E-state index < -0.39 is 11.7 Å². The number of nitrogens with two attached hydrogens (primary N) is 1. The maximum Gasteiger partial charge on any atom is 0.248 e. The first-order chi connectivity index (χ1) is 6.65. The van der Waals surface area contributed by atoms with E-state index in [4.69, 9.17) is 5.73 Å². The number of ether oxygens (including phenoxy) is 1. The molecule has 3 nitrogen and oxygen atoms in total. The molecule has 14 heavy (non-hydrogen) atoms. The van der Waals surface area contributed by atoms with E-state index in [0.29, 0.717) is 0 Å². The molecule has 0 aliphatic carbocycles. The Hall–Kier alpha value is -1.58. The summed E-state index contributed by atoms with van der Waals surface area (Å²) in [6.45, 7) is 4.00. The summed E-state index contributed by atoms with van der Waals surface area (Å²) in [6.07, 6.45) is 0. The summed E-state index contributed by atoms with van der Waals surface area (Å²) in [7, 11) is 1.35. The first-order valence-corrected chi connectivity index (χ1v) is 4.28. The lowest BCUT2D eigenvalue weighted by Crippen LogP contribution is -2.11. The molecule has 0 aromatic heterocycles. The summed E-state index contributed by atoms with van der Waals surface area (Å²) < 4.78 is 17.5. The second kappa shape index (κ2) is 5.96. The van der Waals surface area contributed by atoms with Crippen molar-refractivity contribution in [2.45, 2.75) is 13.8 Å². The van der Waals surface area contributed by atoms with Gasteiger partial charge in [-0.15, -0.1) is 0 Å². The first kappa shape index (κ1) is 12.4. The van der Waals surface area contributed by atoms with Gasteiger partial charge in [-0.25, -0.2) is 4.39 Å². The highest BCUT2D eigenvalue weighted by atomic mass is 19.1. The number of hydrogen-bond acceptors (Lipinski definition) is 2. The number of hydrogen-bond donors (Lipinski definition) is 1. The van der Waals surface area contributed by atoms with Crippen LogP contribution in [0.15, 0.2) is 18.2 Å². The quantitative estimate of drug-likeness (QED) is 0.791. The molecule has 4 heteroatoms. The molecule has 0 saturated heterocycles. The molecule has 1 rings (SSSR count). The van der Waals surface area contributed by atoms with Crippen LogP contribution in [0, 0.1) is 5.82 Å². The van der Waals surface area contributed by atoms with E-state index in [1.807, 2.05) is 13.8 Å². The van der Waals surface area contributed by atoms with Gasteiger partial charge in [0.05, 0.1) is 7.11 Å². The van der Waals surface area contributed by atoms with Crippen molar-refractivity contribution in [3.8, 4) is 5.75 Å². The minimum absolute atomic E-state index is 0.0972. The molecule has 0 atom stereocenters. The molecule has 1 amide bonds. The zero-order valence-electron chi connectivity index (χ0n) is 8.50. The highest BCUT2D eigenvalue weighted by Gasteiger charge is 2.05. The molecule has 0 heterocycles. The molecule has 0 radical (unpaired) electrons. The molecule has 1 aromatic rings. The fourth-order valence-corrected chi connectivity index (χ4v) is 0.820. The molecule has 0 fully saturated rings. The van der Waals surface area contributed by atoms with E-state index >= 15 is 0 Å². The third-order valence-electron chi connectivity index (χ3n) is 1.44. The van der Waals surface area contributed by atoms with Crippen molar-refractivity contribution in [1.82, 2.24) is 0 Å². The average molecular weight is 199 g/mol. The maximum absolute atomic E-state index is 12.9. The van der Waals surface area contributed by atoms with Crippen molar-refractivity contribution in [1.29, 1.82) is 0 Å². The van der Waals surface area contributed by atoms with Crippen molar-refractivity contribution in [3.05, 3.63) is 29.6 Å². The molecule has 0 unspecified atom stereocenters. The summed E-state index contributed by atoms with van der Waals surface area (Å²) in [4.78, 5) is 10.6. The lowest BCUT2D eigenvalue weighted by Gasteiger charge is -2.01. The Morgan fingerprint density at radius 3 is 2.36 bits per heavy atom. The lowest BCUT2D eigenvalue weighted by atomic mass is 10.2. The van der Waals surface area contributed by atoms with E-state index in [0.717, 1.165) is 6.07 Å². The lowest BCUT2D eigenvalue weighted by molar-refractivity contribution is 0.1000. The van der Waals surface area contributed by atoms with Crippen LogP contribution in [0.1, 0.15) is 24.2 Å². The number of halogens is 1. The van der Waals surface area contributed by atoms with Gasteiger partial charge in [-0.1, -0.05) is 13.8 Å². The molecular weight excluding hydrogens is 185 g/mol. The minimum Gasteiger partial charge on any atom is -0.494 e. The van der Waals surface area contributed by atoms with E-state index in [2.05, 4.69) is 4.74 Å². The number of methoxy groups -OCH3 is 1. The van der Waals surface area contributed by atoms with Crippen LogP contribution in [0.3, 0.4) is 0 Å². The van der Waals surface area contributed by atoms with Crippen molar-refractivity contribution in [2.24, 2.45) is 5.73 Å². The number of carbonyl (C=O) groups excluding carboxylic acids is 1. The minimum atomic E-state index is -0.656. The van der Waals surface area contributed by atoms with Crippen LogP contribution in [0.25, 0.3) is 0 Å². The average Bonchev–Trinajstić information content (AvgIpc) is 2.20. The van der Waals surface area contributed by atoms with Gasteiger partial charge < -0.3 is 10.5 Å². The molecule has 0 aliphatic rings. The monoisotopic (exact) mass is 199 g/mol. The predicted molar refractivity (Wildman–Crippen MR) is 52.8 cm³/mol. The summed E-state index contributed by atoms with van der Waals surface area (Å²) in [5.74, 6) is -1.15. The highest BCUT2D eigenvalue weighted by molar-refractivity contribution is 5.92. The van der Waals surface area contributed by atoms with Crippen LogP contribution in [-0.2, 0) is 0 Å². The van der Waals surface area contributed by atoms with Gasteiger partial charge in [0.25, 0.3) is 0 Å². The fraction of sp³-hybridized carbons (Fsp3) is 0.300. The molecule has 1 aromatic carbocycles. The molecule has 0 spiro atoms. The van der Waals surface area contributed by atoms with Crippen LogP contribution >= 0.6 is 0 Å². The van der Waals surface area contributed by atoms with Crippen LogP contribution in [0.4, 0.5) is 4.39 Å². The molecule has 0 saturated carbocycles. The van der Waals surface area contributed by atoms with Gasteiger partial charge in [0, 0.05) is 5.56 Å². The van der Waals surface area contributed by atoms with Crippen molar-refractivity contribution in [3.63, 3.8) is 0 Å².